The van der Waals surface area contributed by atoms with Crippen LogP contribution in [0.15, 0.2) is 24.3 Å². The van der Waals surface area contributed by atoms with Crippen molar-refractivity contribution in [2.24, 2.45) is 5.92 Å². The number of hydrogen-bond donors (Lipinski definition) is 1. The third kappa shape index (κ3) is 3.46. The van der Waals surface area contributed by atoms with Crippen molar-refractivity contribution in [3.05, 3.63) is 35.6 Å². The van der Waals surface area contributed by atoms with Gasteiger partial charge in [-0.3, -0.25) is 0 Å². The van der Waals surface area contributed by atoms with Crippen molar-refractivity contribution in [3.63, 3.8) is 0 Å². The molecule has 1 aromatic carbocycles. The first-order valence-electron chi connectivity index (χ1n) is 5.15. The molecule has 1 nitrogen and oxygen atoms in total. The van der Waals surface area contributed by atoms with Gasteiger partial charge in [-0.15, -0.1) is 0 Å². The molecular weight excluding hydrogens is 177 g/mol. The highest BCUT2D eigenvalue weighted by atomic mass is 19.1. The van der Waals surface area contributed by atoms with Crippen molar-refractivity contribution in [2.45, 2.75) is 19.8 Å². The van der Waals surface area contributed by atoms with Crippen LogP contribution in [0.2, 0.25) is 0 Å². The summed E-state index contributed by atoms with van der Waals surface area (Å²) in [6.45, 7) is 3.21. The number of hydrogen-bond acceptors (Lipinski definition) is 1. The summed E-state index contributed by atoms with van der Waals surface area (Å²) in [5.41, 5.74) is 1.22. The van der Waals surface area contributed by atoms with E-state index in [1.54, 1.807) is 0 Å². The molecule has 0 saturated carbocycles. The monoisotopic (exact) mass is 195 g/mol. The number of halogens is 1. The Kier molecular flexibility index (Phi) is 4.60. The maximum atomic E-state index is 12.6. The van der Waals surface area contributed by atoms with E-state index < -0.39 is 0 Å². The van der Waals surface area contributed by atoms with E-state index in [-0.39, 0.29) is 5.82 Å². The maximum Gasteiger partial charge on any atom is 0.123 e. The lowest BCUT2D eigenvalue weighted by Gasteiger charge is -2.13. The molecule has 14 heavy (non-hydrogen) atoms. The van der Waals surface area contributed by atoms with Gasteiger partial charge in [-0.2, -0.15) is 0 Å². The van der Waals surface area contributed by atoms with Gasteiger partial charge in [-0.25, -0.2) is 4.39 Å². The molecule has 2 heteroatoms. The quantitative estimate of drug-likeness (QED) is 0.761. The maximum absolute atomic E-state index is 12.6. The van der Waals surface area contributed by atoms with E-state index in [9.17, 15) is 4.39 Å². The van der Waals surface area contributed by atoms with Gasteiger partial charge in [-0.1, -0.05) is 25.5 Å². The summed E-state index contributed by atoms with van der Waals surface area (Å²) < 4.78 is 12.6. The normalized spacial score (nSPS) is 12.8. The predicted molar refractivity (Wildman–Crippen MR) is 57.8 cm³/mol. The van der Waals surface area contributed by atoms with Crippen LogP contribution in [0, 0.1) is 11.7 Å². The van der Waals surface area contributed by atoms with Crippen LogP contribution in [0.1, 0.15) is 18.9 Å². The van der Waals surface area contributed by atoms with E-state index in [1.165, 1.54) is 17.7 Å². The largest absolute Gasteiger partial charge is 0.319 e. The first-order chi connectivity index (χ1) is 6.76. The van der Waals surface area contributed by atoms with E-state index in [2.05, 4.69) is 12.2 Å². The van der Waals surface area contributed by atoms with Gasteiger partial charge in [0.15, 0.2) is 0 Å². The molecule has 0 aliphatic rings. The van der Waals surface area contributed by atoms with Crippen LogP contribution in [-0.4, -0.2) is 13.6 Å². The first kappa shape index (κ1) is 11.2. The molecule has 0 aliphatic carbocycles. The highest BCUT2D eigenvalue weighted by Gasteiger charge is 2.05. The topological polar surface area (TPSA) is 12.0 Å². The Hall–Kier alpha value is -0.890. The lowest BCUT2D eigenvalue weighted by atomic mass is 9.97. The molecular formula is C12H18FN. The fourth-order valence-electron chi connectivity index (χ4n) is 1.60. The summed E-state index contributed by atoms with van der Waals surface area (Å²) in [5, 5.41) is 3.18. The van der Waals surface area contributed by atoms with Crippen LogP contribution in [0.3, 0.4) is 0 Å². The van der Waals surface area contributed by atoms with E-state index in [4.69, 9.17) is 0 Å². The van der Waals surface area contributed by atoms with Crippen molar-refractivity contribution in [3.8, 4) is 0 Å². The molecule has 0 aliphatic heterocycles. The third-order valence-electron chi connectivity index (χ3n) is 2.51. The smallest absolute Gasteiger partial charge is 0.123 e. The molecule has 0 radical (unpaired) electrons. The third-order valence-corrected chi connectivity index (χ3v) is 2.51. The minimum absolute atomic E-state index is 0.157. The van der Waals surface area contributed by atoms with E-state index in [0.717, 1.165) is 19.4 Å². The number of rotatable bonds is 5. The Morgan fingerprint density at radius 1 is 1.29 bits per heavy atom. The molecule has 0 fully saturated rings. The van der Waals surface area contributed by atoms with Crippen molar-refractivity contribution in [1.29, 1.82) is 0 Å². The average molecular weight is 195 g/mol. The second-order valence-corrected chi connectivity index (χ2v) is 3.66. The van der Waals surface area contributed by atoms with Gasteiger partial charge in [0.1, 0.15) is 5.82 Å². The van der Waals surface area contributed by atoms with E-state index >= 15 is 0 Å². The zero-order valence-corrected chi connectivity index (χ0v) is 8.89. The van der Waals surface area contributed by atoms with Gasteiger partial charge < -0.3 is 5.32 Å². The van der Waals surface area contributed by atoms with Crippen molar-refractivity contribution < 1.29 is 4.39 Å². The zero-order valence-electron chi connectivity index (χ0n) is 8.89. The number of nitrogens with one attached hydrogen (secondary N) is 1. The van der Waals surface area contributed by atoms with Gasteiger partial charge in [0, 0.05) is 0 Å². The Labute approximate surface area is 85.3 Å². The van der Waals surface area contributed by atoms with Gasteiger partial charge in [0.05, 0.1) is 0 Å². The second kappa shape index (κ2) is 5.76. The predicted octanol–water partition coefficient (Wildman–Crippen LogP) is 2.61. The summed E-state index contributed by atoms with van der Waals surface area (Å²) in [4.78, 5) is 0. The average Bonchev–Trinajstić information content (AvgIpc) is 2.20. The molecule has 0 unspecified atom stereocenters. The van der Waals surface area contributed by atoms with Crippen molar-refractivity contribution in [2.75, 3.05) is 13.6 Å². The Morgan fingerprint density at radius 3 is 2.43 bits per heavy atom. The molecule has 0 spiro atoms. The van der Waals surface area contributed by atoms with Crippen molar-refractivity contribution >= 4 is 0 Å². The zero-order chi connectivity index (χ0) is 10.4. The van der Waals surface area contributed by atoms with Gasteiger partial charge >= 0.3 is 0 Å². The summed E-state index contributed by atoms with van der Waals surface area (Å²) in [5.74, 6) is 0.487. The standard InChI is InChI=1S/C12H18FN/c1-3-10(9-14-2)8-11-4-6-12(13)7-5-11/h4-7,10,14H,3,8-9H2,1-2H3/t10-/m0/s1. The molecule has 1 aromatic rings. The van der Waals surface area contributed by atoms with Crippen LogP contribution in [0.5, 0.6) is 0 Å². The minimum atomic E-state index is -0.157. The molecule has 78 valence electrons. The Balaban J connectivity index is 2.53. The second-order valence-electron chi connectivity index (χ2n) is 3.66. The van der Waals surface area contributed by atoms with E-state index in [1.807, 2.05) is 19.2 Å². The fourth-order valence-corrected chi connectivity index (χ4v) is 1.60. The lowest BCUT2D eigenvalue weighted by molar-refractivity contribution is 0.481. The molecule has 1 N–H and O–H groups in total. The summed E-state index contributed by atoms with van der Waals surface area (Å²) in [7, 11) is 1.97. The SMILES string of the molecule is CC[C@H](CNC)Cc1ccc(F)cc1. The Bertz CT molecular complexity index is 256. The summed E-state index contributed by atoms with van der Waals surface area (Å²) >= 11 is 0. The van der Waals surface area contributed by atoms with Gasteiger partial charge in [0.2, 0.25) is 0 Å². The molecule has 0 bridgehead atoms. The highest BCUT2D eigenvalue weighted by Crippen LogP contribution is 2.12. The summed E-state index contributed by atoms with van der Waals surface area (Å²) in [6.07, 6.45) is 2.18. The molecule has 0 saturated heterocycles. The van der Waals surface area contributed by atoms with Gasteiger partial charge in [-0.05, 0) is 43.6 Å². The number of benzene rings is 1. The Morgan fingerprint density at radius 2 is 1.93 bits per heavy atom. The van der Waals surface area contributed by atoms with Gasteiger partial charge in [0.25, 0.3) is 0 Å². The van der Waals surface area contributed by atoms with Crippen LogP contribution in [0.4, 0.5) is 4.39 Å². The van der Waals surface area contributed by atoms with Crippen LogP contribution >= 0.6 is 0 Å². The molecule has 1 rings (SSSR count). The summed E-state index contributed by atoms with van der Waals surface area (Å²) in [6, 6.07) is 6.80. The van der Waals surface area contributed by atoms with Crippen LogP contribution in [0.25, 0.3) is 0 Å². The molecule has 0 aromatic heterocycles. The highest BCUT2D eigenvalue weighted by molar-refractivity contribution is 5.16. The molecule has 0 heterocycles. The lowest BCUT2D eigenvalue weighted by Crippen LogP contribution is -2.20. The molecule has 0 amide bonds. The van der Waals surface area contributed by atoms with E-state index in [0.29, 0.717) is 5.92 Å². The van der Waals surface area contributed by atoms with Crippen LogP contribution in [-0.2, 0) is 6.42 Å². The van der Waals surface area contributed by atoms with Crippen molar-refractivity contribution in [1.82, 2.24) is 5.32 Å². The van der Waals surface area contributed by atoms with Crippen LogP contribution < -0.4 is 5.32 Å². The first-order valence-corrected chi connectivity index (χ1v) is 5.15. The minimum Gasteiger partial charge on any atom is -0.319 e. The fraction of sp³-hybridized carbons (Fsp3) is 0.500. The molecule has 1 atom stereocenters.